The zero-order valence-electron chi connectivity index (χ0n) is 11.3. The molecule has 0 amide bonds. The van der Waals surface area contributed by atoms with Gasteiger partial charge >= 0.3 is 12.1 Å². The van der Waals surface area contributed by atoms with Crippen molar-refractivity contribution in [3.8, 4) is 0 Å². The van der Waals surface area contributed by atoms with Crippen molar-refractivity contribution >= 4 is 5.97 Å². The molecule has 0 heterocycles. The second-order valence-corrected chi connectivity index (χ2v) is 5.24. The molecule has 0 aliphatic heterocycles. The van der Waals surface area contributed by atoms with Gasteiger partial charge in [0.15, 0.2) is 0 Å². The highest BCUT2D eigenvalue weighted by Crippen LogP contribution is 2.59. The molecule has 0 saturated heterocycles. The molecule has 2 nitrogen and oxygen atoms in total. The Hall–Kier alpha value is -1.26. The Labute approximate surface area is 111 Å². The van der Waals surface area contributed by atoms with Gasteiger partial charge in [0, 0.05) is 6.08 Å². The zero-order valence-corrected chi connectivity index (χ0v) is 11.3. The van der Waals surface area contributed by atoms with Gasteiger partial charge in [-0.05, 0) is 17.8 Å². The molecule has 1 aliphatic carbocycles. The quantitative estimate of drug-likeness (QED) is 0.562. The number of hydrogen-bond acceptors (Lipinski definition) is 2. The van der Waals surface area contributed by atoms with Gasteiger partial charge in [-0.1, -0.05) is 39.0 Å². The van der Waals surface area contributed by atoms with Crippen LogP contribution in [0.1, 0.15) is 27.2 Å². The van der Waals surface area contributed by atoms with Crippen molar-refractivity contribution in [1.82, 2.24) is 0 Å². The molecule has 0 aromatic heterocycles. The summed E-state index contributed by atoms with van der Waals surface area (Å²) in [5, 5.41) is 0. The van der Waals surface area contributed by atoms with Crippen LogP contribution < -0.4 is 0 Å². The minimum absolute atomic E-state index is 0.176. The van der Waals surface area contributed by atoms with Gasteiger partial charge in [-0.25, -0.2) is 0 Å². The van der Waals surface area contributed by atoms with Gasteiger partial charge in [0.1, 0.15) is 6.61 Å². The summed E-state index contributed by atoms with van der Waals surface area (Å²) in [6, 6.07) is 0. The van der Waals surface area contributed by atoms with Crippen LogP contribution in [0.25, 0.3) is 0 Å². The lowest BCUT2D eigenvalue weighted by Gasteiger charge is -2.02. The summed E-state index contributed by atoms with van der Waals surface area (Å²) in [6.07, 6.45) is 1.37. The summed E-state index contributed by atoms with van der Waals surface area (Å²) in [5.41, 5.74) is -0.465. The summed E-state index contributed by atoms with van der Waals surface area (Å²) in [5.74, 6) is -1.32. The largest absolute Gasteiger partial charge is 0.461 e. The molecule has 0 aromatic carbocycles. The van der Waals surface area contributed by atoms with Crippen molar-refractivity contribution in [1.29, 1.82) is 0 Å². The molecule has 2 atom stereocenters. The van der Waals surface area contributed by atoms with E-state index in [2.05, 4.69) is 0 Å². The van der Waals surface area contributed by atoms with Crippen molar-refractivity contribution in [3.05, 3.63) is 24.3 Å². The maximum atomic E-state index is 12.1. The van der Waals surface area contributed by atoms with E-state index in [0.29, 0.717) is 0 Å². The Bertz CT molecular complexity index is 381. The first-order valence-electron chi connectivity index (χ1n) is 6.28. The Balaban J connectivity index is 2.53. The van der Waals surface area contributed by atoms with Gasteiger partial charge in [0.25, 0.3) is 0 Å². The summed E-state index contributed by atoms with van der Waals surface area (Å²) in [6.45, 7) is 5.67. The maximum absolute atomic E-state index is 12.1. The van der Waals surface area contributed by atoms with Crippen LogP contribution in [-0.2, 0) is 9.53 Å². The topological polar surface area (TPSA) is 26.3 Å². The number of hydrogen-bond donors (Lipinski definition) is 0. The van der Waals surface area contributed by atoms with Crippen LogP contribution in [0.5, 0.6) is 0 Å². The molecule has 1 saturated carbocycles. The standard InChI is InChI=1S/C14H19F3O2/c1-4-5-6-9-19-12(18)11-10(13(11,2)3)7-8-14(15,16)17/h5-8,10-11H,4,9H2,1-3H3. The minimum Gasteiger partial charge on any atom is -0.461 e. The molecule has 1 rings (SSSR count). The van der Waals surface area contributed by atoms with Crippen LogP contribution in [-0.4, -0.2) is 18.8 Å². The van der Waals surface area contributed by atoms with Crippen molar-refractivity contribution in [2.75, 3.05) is 6.61 Å². The van der Waals surface area contributed by atoms with Gasteiger partial charge in [-0.3, -0.25) is 4.79 Å². The Morgan fingerprint density at radius 2 is 1.95 bits per heavy atom. The SMILES string of the molecule is CCC=CCOC(=O)C1C(C=CC(F)(F)F)C1(C)C. The predicted molar refractivity (Wildman–Crippen MR) is 66.3 cm³/mol. The Morgan fingerprint density at radius 1 is 1.32 bits per heavy atom. The van der Waals surface area contributed by atoms with E-state index in [-0.39, 0.29) is 12.7 Å². The van der Waals surface area contributed by atoms with E-state index in [0.717, 1.165) is 12.5 Å². The number of halogens is 3. The molecule has 108 valence electrons. The number of carbonyl (C=O) groups excluding carboxylic acids is 1. The number of alkyl halides is 3. The molecule has 1 aliphatic rings. The highest BCUT2D eigenvalue weighted by Gasteiger charge is 2.61. The fourth-order valence-electron chi connectivity index (χ4n) is 2.15. The lowest BCUT2D eigenvalue weighted by molar-refractivity contribution is -0.145. The third kappa shape index (κ3) is 4.40. The molecule has 0 N–H and O–H groups in total. The van der Waals surface area contributed by atoms with Crippen molar-refractivity contribution < 1.29 is 22.7 Å². The average molecular weight is 276 g/mol. The van der Waals surface area contributed by atoms with Gasteiger partial charge in [-0.15, -0.1) is 0 Å². The van der Waals surface area contributed by atoms with Crippen LogP contribution >= 0.6 is 0 Å². The van der Waals surface area contributed by atoms with Gasteiger partial charge in [0.05, 0.1) is 5.92 Å². The Kier molecular flexibility index (Phi) is 4.82. The molecule has 19 heavy (non-hydrogen) atoms. The van der Waals surface area contributed by atoms with Crippen LogP contribution in [0.2, 0.25) is 0 Å². The molecule has 0 spiro atoms. The lowest BCUT2D eigenvalue weighted by atomic mass is 10.1. The number of ether oxygens (including phenoxy) is 1. The second-order valence-electron chi connectivity index (χ2n) is 5.24. The number of esters is 1. The predicted octanol–water partition coefficient (Wildman–Crippen LogP) is 3.89. The second kappa shape index (κ2) is 5.80. The average Bonchev–Trinajstić information content (AvgIpc) is 2.83. The van der Waals surface area contributed by atoms with E-state index in [1.165, 1.54) is 0 Å². The van der Waals surface area contributed by atoms with Crippen molar-refractivity contribution in [3.63, 3.8) is 0 Å². The van der Waals surface area contributed by atoms with Gasteiger partial charge in [0.2, 0.25) is 0 Å². The monoisotopic (exact) mass is 276 g/mol. The molecule has 2 unspecified atom stereocenters. The van der Waals surface area contributed by atoms with E-state index in [4.69, 9.17) is 4.74 Å². The third-order valence-electron chi connectivity index (χ3n) is 3.38. The van der Waals surface area contributed by atoms with Gasteiger partial charge < -0.3 is 4.74 Å². The normalized spacial score (nSPS) is 26.0. The number of carbonyl (C=O) groups is 1. The zero-order chi connectivity index (χ0) is 14.7. The van der Waals surface area contributed by atoms with Crippen molar-refractivity contribution in [2.45, 2.75) is 33.4 Å². The summed E-state index contributed by atoms with van der Waals surface area (Å²) < 4.78 is 41.3. The van der Waals surface area contributed by atoms with E-state index >= 15 is 0 Å². The van der Waals surface area contributed by atoms with Crippen LogP contribution in [0, 0.1) is 17.3 Å². The van der Waals surface area contributed by atoms with E-state index < -0.39 is 29.4 Å². The first-order chi connectivity index (χ1) is 8.70. The summed E-state index contributed by atoms with van der Waals surface area (Å²) in [4.78, 5) is 11.7. The highest BCUT2D eigenvalue weighted by atomic mass is 19.4. The minimum atomic E-state index is -4.34. The molecular weight excluding hydrogens is 257 g/mol. The fourth-order valence-corrected chi connectivity index (χ4v) is 2.15. The fraction of sp³-hybridized carbons (Fsp3) is 0.643. The maximum Gasteiger partial charge on any atom is 0.409 e. The smallest absolute Gasteiger partial charge is 0.409 e. The number of allylic oxidation sites excluding steroid dienone is 3. The molecular formula is C14H19F3O2. The van der Waals surface area contributed by atoms with Crippen LogP contribution in [0.4, 0.5) is 13.2 Å². The first-order valence-corrected chi connectivity index (χ1v) is 6.28. The number of rotatable bonds is 5. The third-order valence-corrected chi connectivity index (χ3v) is 3.38. The van der Waals surface area contributed by atoms with E-state index in [9.17, 15) is 18.0 Å². The van der Waals surface area contributed by atoms with Crippen LogP contribution in [0.15, 0.2) is 24.3 Å². The Morgan fingerprint density at radius 3 is 2.47 bits per heavy atom. The van der Waals surface area contributed by atoms with E-state index in [1.54, 1.807) is 19.9 Å². The van der Waals surface area contributed by atoms with Gasteiger partial charge in [-0.2, -0.15) is 13.2 Å². The lowest BCUT2D eigenvalue weighted by Crippen LogP contribution is -2.10. The molecule has 1 fully saturated rings. The summed E-state index contributed by atoms with van der Waals surface area (Å²) in [7, 11) is 0. The molecule has 5 heteroatoms. The first kappa shape index (κ1) is 15.8. The van der Waals surface area contributed by atoms with Crippen molar-refractivity contribution in [2.24, 2.45) is 17.3 Å². The molecule has 0 aromatic rings. The van der Waals surface area contributed by atoms with Crippen LogP contribution in [0.3, 0.4) is 0 Å². The molecule has 0 radical (unpaired) electrons. The highest BCUT2D eigenvalue weighted by molar-refractivity contribution is 5.78. The molecule has 0 bridgehead atoms. The summed E-state index contributed by atoms with van der Waals surface area (Å²) >= 11 is 0. The van der Waals surface area contributed by atoms with E-state index in [1.807, 2.05) is 13.0 Å².